The topological polar surface area (TPSA) is 25.8 Å². The predicted molar refractivity (Wildman–Crippen MR) is 51.3 cm³/mol. The molecule has 0 saturated heterocycles. The number of rotatable bonds is 2. The standard InChI is InChI=1S/C11H10N2.2ClH.Pt/c1-3-7-12-10(5-1)9-11-6-2-4-8-13-11;;;/h1-8H,9H2;2*1H;/q;;;+2/p-2. The first-order valence-corrected chi connectivity index (χ1v) is 4.25. The fraction of sp³-hybridized carbons (Fsp3) is 0.0909. The Morgan fingerprint density at radius 1 is 0.750 bits per heavy atom. The van der Waals surface area contributed by atoms with E-state index in [1.165, 1.54) is 0 Å². The van der Waals surface area contributed by atoms with Gasteiger partial charge < -0.3 is 24.8 Å². The Bertz CT molecular complexity index is 333. The van der Waals surface area contributed by atoms with Gasteiger partial charge in [-0.2, -0.15) is 0 Å². The van der Waals surface area contributed by atoms with E-state index in [0.29, 0.717) is 0 Å². The maximum atomic E-state index is 4.23. The van der Waals surface area contributed by atoms with Crippen molar-refractivity contribution in [1.29, 1.82) is 0 Å². The molecule has 16 heavy (non-hydrogen) atoms. The van der Waals surface area contributed by atoms with Gasteiger partial charge in [-0.3, -0.25) is 9.97 Å². The molecule has 0 N–H and O–H groups in total. The summed E-state index contributed by atoms with van der Waals surface area (Å²) in [4.78, 5) is 8.47. The molecule has 2 aromatic rings. The van der Waals surface area contributed by atoms with Crippen LogP contribution in [0.1, 0.15) is 11.4 Å². The zero-order chi connectivity index (χ0) is 8.93. The summed E-state index contributed by atoms with van der Waals surface area (Å²) in [6.45, 7) is 0. The van der Waals surface area contributed by atoms with E-state index in [0.717, 1.165) is 17.8 Å². The molecule has 0 radical (unpaired) electrons. The average Bonchev–Trinajstić information content (AvgIpc) is 2.21. The molecule has 0 aromatic carbocycles. The zero-order valence-corrected chi connectivity index (χ0v) is 12.1. The molecule has 2 heterocycles. The van der Waals surface area contributed by atoms with Gasteiger partial charge in [-0.25, -0.2) is 0 Å². The maximum Gasteiger partial charge on any atom is 2.00 e. The smallest absolute Gasteiger partial charge is 1.00 e. The van der Waals surface area contributed by atoms with E-state index in [-0.39, 0.29) is 45.9 Å². The van der Waals surface area contributed by atoms with Crippen LogP contribution < -0.4 is 24.8 Å². The summed E-state index contributed by atoms with van der Waals surface area (Å²) < 4.78 is 0. The minimum Gasteiger partial charge on any atom is -1.00 e. The van der Waals surface area contributed by atoms with Gasteiger partial charge in [0.25, 0.3) is 0 Å². The Labute approximate surface area is 122 Å². The summed E-state index contributed by atoms with van der Waals surface area (Å²) in [5, 5.41) is 0. The molecule has 5 heteroatoms. The van der Waals surface area contributed by atoms with E-state index in [9.17, 15) is 0 Å². The molecular formula is C11H10Cl2N2Pt. The second-order valence-corrected chi connectivity index (χ2v) is 2.82. The third-order valence-electron chi connectivity index (χ3n) is 1.81. The number of pyridine rings is 2. The fourth-order valence-electron chi connectivity index (χ4n) is 1.19. The molecule has 0 amide bonds. The van der Waals surface area contributed by atoms with Gasteiger partial charge in [0.15, 0.2) is 0 Å². The van der Waals surface area contributed by atoms with Crippen molar-refractivity contribution >= 4 is 0 Å². The first-order chi connectivity index (χ1) is 6.45. The first-order valence-electron chi connectivity index (χ1n) is 4.25. The maximum absolute atomic E-state index is 4.23. The number of hydrogen-bond acceptors (Lipinski definition) is 2. The second kappa shape index (κ2) is 9.77. The summed E-state index contributed by atoms with van der Waals surface area (Å²) in [6.07, 6.45) is 4.41. The van der Waals surface area contributed by atoms with Crippen LogP contribution >= 0.6 is 0 Å². The fourth-order valence-corrected chi connectivity index (χ4v) is 1.19. The molecule has 0 aliphatic heterocycles. The van der Waals surface area contributed by atoms with Crippen molar-refractivity contribution in [2.45, 2.75) is 6.42 Å². The van der Waals surface area contributed by atoms with Gasteiger partial charge in [0.2, 0.25) is 0 Å². The van der Waals surface area contributed by atoms with Crippen LogP contribution in [0, 0.1) is 0 Å². The van der Waals surface area contributed by atoms with Crippen LogP contribution in [-0.2, 0) is 27.5 Å². The normalized spacial score (nSPS) is 8.00. The van der Waals surface area contributed by atoms with Crippen LogP contribution in [0.15, 0.2) is 48.8 Å². The zero-order valence-electron chi connectivity index (χ0n) is 8.29. The van der Waals surface area contributed by atoms with Crippen LogP contribution in [0.3, 0.4) is 0 Å². The molecule has 0 atom stereocenters. The van der Waals surface area contributed by atoms with Crippen molar-refractivity contribution in [3.05, 3.63) is 60.2 Å². The van der Waals surface area contributed by atoms with E-state index in [1.54, 1.807) is 12.4 Å². The Kier molecular flexibility index (Phi) is 11.0. The third kappa shape index (κ3) is 5.60. The third-order valence-corrected chi connectivity index (χ3v) is 1.81. The largest absolute Gasteiger partial charge is 2.00 e. The van der Waals surface area contributed by atoms with Gasteiger partial charge in [0, 0.05) is 30.2 Å². The molecule has 2 aromatic heterocycles. The molecule has 0 bridgehead atoms. The molecule has 0 saturated carbocycles. The summed E-state index contributed by atoms with van der Waals surface area (Å²) in [6, 6.07) is 11.8. The van der Waals surface area contributed by atoms with Crippen molar-refractivity contribution in [2.24, 2.45) is 0 Å². The quantitative estimate of drug-likeness (QED) is 0.481. The van der Waals surface area contributed by atoms with Crippen LogP contribution in [0.4, 0.5) is 0 Å². The summed E-state index contributed by atoms with van der Waals surface area (Å²) in [7, 11) is 0. The van der Waals surface area contributed by atoms with Gasteiger partial charge in [-0.05, 0) is 24.3 Å². The van der Waals surface area contributed by atoms with Crippen LogP contribution in [0.25, 0.3) is 0 Å². The molecule has 0 aliphatic carbocycles. The van der Waals surface area contributed by atoms with Crippen molar-refractivity contribution < 1.29 is 45.9 Å². The molecule has 88 valence electrons. The van der Waals surface area contributed by atoms with Gasteiger partial charge in [0.05, 0.1) is 0 Å². The van der Waals surface area contributed by atoms with E-state index < -0.39 is 0 Å². The van der Waals surface area contributed by atoms with Crippen LogP contribution in [0.5, 0.6) is 0 Å². The van der Waals surface area contributed by atoms with E-state index in [4.69, 9.17) is 0 Å². The van der Waals surface area contributed by atoms with Crippen molar-refractivity contribution in [2.75, 3.05) is 0 Å². The number of nitrogens with zero attached hydrogens (tertiary/aromatic N) is 2. The van der Waals surface area contributed by atoms with Crippen molar-refractivity contribution in [3.63, 3.8) is 0 Å². The minimum atomic E-state index is 0. The SMILES string of the molecule is [Cl-].[Cl-].[Pt+2].c1ccc(Cc2ccccn2)nc1. The van der Waals surface area contributed by atoms with E-state index in [2.05, 4.69) is 9.97 Å². The molecule has 0 fully saturated rings. The number of hydrogen-bond donors (Lipinski definition) is 0. The predicted octanol–water partition coefficient (Wildman–Crippen LogP) is -3.93. The Morgan fingerprint density at radius 2 is 1.19 bits per heavy atom. The Balaban J connectivity index is 0. The van der Waals surface area contributed by atoms with Gasteiger partial charge >= 0.3 is 21.1 Å². The molecule has 0 unspecified atom stereocenters. The Hall–Kier alpha value is -0.432. The monoisotopic (exact) mass is 435 g/mol. The van der Waals surface area contributed by atoms with Gasteiger partial charge in [-0.15, -0.1) is 0 Å². The van der Waals surface area contributed by atoms with Gasteiger partial charge in [0.1, 0.15) is 0 Å². The van der Waals surface area contributed by atoms with Crippen molar-refractivity contribution in [3.8, 4) is 0 Å². The van der Waals surface area contributed by atoms with Crippen LogP contribution in [-0.4, -0.2) is 9.97 Å². The summed E-state index contributed by atoms with van der Waals surface area (Å²) in [5.74, 6) is 0. The number of halogens is 2. The molecule has 2 rings (SSSR count). The van der Waals surface area contributed by atoms with E-state index >= 15 is 0 Å². The molecule has 0 spiro atoms. The molecule has 2 nitrogen and oxygen atoms in total. The number of aromatic nitrogens is 2. The van der Waals surface area contributed by atoms with Gasteiger partial charge in [-0.1, -0.05) is 12.1 Å². The molecular weight excluding hydrogens is 426 g/mol. The average molecular weight is 436 g/mol. The summed E-state index contributed by atoms with van der Waals surface area (Å²) in [5.41, 5.74) is 2.11. The summed E-state index contributed by atoms with van der Waals surface area (Å²) >= 11 is 0. The minimum absolute atomic E-state index is 0. The van der Waals surface area contributed by atoms with Crippen LogP contribution in [0.2, 0.25) is 0 Å². The van der Waals surface area contributed by atoms with Crippen molar-refractivity contribution in [1.82, 2.24) is 9.97 Å². The van der Waals surface area contributed by atoms with E-state index in [1.807, 2.05) is 36.4 Å². The molecule has 0 aliphatic rings. The first kappa shape index (κ1) is 17.9. The second-order valence-electron chi connectivity index (χ2n) is 2.82. The Morgan fingerprint density at radius 3 is 1.50 bits per heavy atom.